The van der Waals surface area contributed by atoms with E-state index >= 15 is 0 Å². The molecule has 2 aromatic carbocycles. The molecule has 3 heterocycles. The van der Waals surface area contributed by atoms with Crippen LogP contribution in [-0.4, -0.2) is 72.4 Å². The predicted octanol–water partition coefficient (Wildman–Crippen LogP) is 3.61. The first-order valence-electron chi connectivity index (χ1n) is 13.4. The predicted molar refractivity (Wildman–Crippen MR) is 147 cm³/mol. The van der Waals surface area contributed by atoms with Gasteiger partial charge in [-0.3, -0.25) is 14.5 Å². The van der Waals surface area contributed by atoms with Crippen molar-refractivity contribution in [3.05, 3.63) is 59.7 Å². The number of carboxylic acid groups (broad SMARTS) is 1. The Morgan fingerprint density at radius 3 is 2.62 bits per heavy atom. The van der Waals surface area contributed by atoms with E-state index < -0.39 is 0 Å². The smallest absolute Gasteiger partial charge is 0.324 e. The van der Waals surface area contributed by atoms with E-state index in [4.69, 9.17) is 19.2 Å². The van der Waals surface area contributed by atoms with Gasteiger partial charge in [-0.2, -0.15) is 4.98 Å². The number of aryl methyl sites for hydroxylation is 1. The maximum Gasteiger partial charge on any atom is 0.324 e. The highest BCUT2D eigenvalue weighted by Gasteiger charge is 2.29. The summed E-state index contributed by atoms with van der Waals surface area (Å²) in [5, 5.41) is 14.3. The molecule has 1 atom stereocenters. The zero-order valence-corrected chi connectivity index (χ0v) is 22.6. The van der Waals surface area contributed by atoms with E-state index in [1.165, 1.54) is 11.1 Å². The van der Waals surface area contributed by atoms with Crippen LogP contribution in [0.5, 0.6) is 5.75 Å². The number of piperidine rings is 1. The molecule has 0 radical (unpaired) electrons. The molecule has 0 aliphatic carbocycles. The van der Waals surface area contributed by atoms with Gasteiger partial charge < -0.3 is 24.6 Å². The second-order valence-electron chi connectivity index (χ2n) is 10.1. The summed E-state index contributed by atoms with van der Waals surface area (Å²) in [6.45, 7) is 7.20. The van der Waals surface area contributed by atoms with Crippen LogP contribution in [0, 0.1) is 18.8 Å². The van der Waals surface area contributed by atoms with Crippen LogP contribution in [0.25, 0.3) is 11.4 Å². The molecule has 0 bridgehead atoms. The minimum absolute atomic E-state index is 0.0343. The Labute approximate surface area is 228 Å². The fourth-order valence-corrected chi connectivity index (χ4v) is 5.12. The third-order valence-corrected chi connectivity index (χ3v) is 7.34. The summed E-state index contributed by atoms with van der Waals surface area (Å²) < 4.78 is 10.8. The topological polar surface area (TPSA) is 121 Å². The van der Waals surface area contributed by atoms with Crippen molar-refractivity contribution in [3.8, 4) is 17.1 Å². The maximum absolute atomic E-state index is 12.8. The van der Waals surface area contributed by atoms with Crippen LogP contribution in [0.2, 0.25) is 0 Å². The summed E-state index contributed by atoms with van der Waals surface area (Å²) in [5.74, 6) is 2.02. The first-order chi connectivity index (χ1) is 19.0. The minimum atomic E-state index is -0.250. The molecule has 2 fully saturated rings. The van der Waals surface area contributed by atoms with Crippen LogP contribution in [0.4, 0.5) is 6.01 Å². The van der Waals surface area contributed by atoms with Crippen molar-refractivity contribution in [2.24, 2.45) is 11.8 Å². The highest BCUT2D eigenvalue weighted by molar-refractivity contribution is 5.79. The molecule has 3 aromatic rings. The highest BCUT2D eigenvalue weighted by atomic mass is 16.5. The SMILES string of the molecule is COc1cccc(-c2noc(N3CCC(C(=O)NCC4CCN(Cc5ccc(C)cc5)C4)CC3)n2)c1.O=CO. The van der Waals surface area contributed by atoms with Crippen LogP contribution in [0.3, 0.4) is 0 Å². The van der Waals surface area contributed by atoms with Crippen LogP contribution in [-0.2, 0) is 16.1 Å². The van der Waals surface area contributed by atoms with Gasteiger partial charge >= 0.3 is 6.01 Å². The number of nitrogens with one attached hydrogen (secondary N) is 1. The maximum atomic E-state index is 12.8. The van der Waals surface area contributed by atoms with Gasteiger partial charge in [0.15, 0.2) is 0 Å². The molecule has 1 amide bonds. The van der Waals surface area contributed by atoms with Gasteiger partial charge in [0.1, 0.15) is 5.75 Å². The molecule has 2 N–H and O–H groups in total. The molecule has 2 aliphatic rings. The van der Waals surface area contributed by atoms with Crippen LogP contribution in [0.15, 0.2) is 53.1 Å². The molecule has 0 spiro atoms. The fourth-order valence-electron chi connectivity index (χ4n) is 5.12. The quantitative estimate of drug-likeness (QED) is 0.417. The third-order valence-electron chi connectivity index (χ3n) is 7.34. The molecule has 5 rings (SSSR count). The zero-order chi connectivity index (χ0) is 27.6. The molecule has 2 saturated heterocycles. The minimum Gasteiger partial charge on any atom is -0.497 e. The van der Waals surface area contributed by atoms with Crippen molar-refractivity contribution in [2.75, 3.05) is 44.7 Å². The van der Waals surface area contributed by atoms with E-state index in [9.17, 15) is 4.79 Å². The van der Waals surface area contributed by atoms with Crippen molar-refractivity contribution in [1.29, 1.82) is 0 Å². The Bertz CT molecular complexity index is 1210. The monoisotopic (exact) mass is 535 g/mol. The average molecular weight is 536 g/mol. The molecular weight excluding hydrogens is 498 g/mol. The first kappa shape index (κ1) is 28.1. The summed E-state index contributed by atoms with van der Waals surface area (Å²) >= 11 is 0. The largest absolute Gasteiger partial charge is 0.497 e. The van der Waals surface area contributed by atoms with E-state index in [2.05, 4.69) is 56.4 Å². The van der Waals surface area contributed by atoms with Crippen molar-refractivity contribution >= 4 is 18.4 Å². The number of anilines is 1. The Kier molecular flexibility index (Phi) is 9.91. The Balaban J connectivity index is 0.00000112. The van der Waals surface area contributed by atoms with E-state index in [-0.39, 0.29) is 18.3 Å². The number of methoxy groups -OCH3 is 1. The molecule has 2 aliphatic heterocycles. The first-order valence-corrected chi connectivity index (χ1v) is 13.4. The number of ether oxygens (including phenoxy) is 1. The van der Waals surface area contributed by atoms with E-state index in [1.54, 1.807) is 7.11 Å². The third kappa shape index (κ3) is 7.79. The van der Waals surface area contributed by atoms with Gasteiger partial charge in [-0.1, -0.05) is 47.1 Å². The van der Waals surface area contributed by atoms with E-state index in [0.29, 0.717) is 17.8 Å². The number of likely N-dealkylation sites (tertiary alicyclic amines) is 1. The molecule has 10 nitrogen and oxygen atoms in total. The lowest BCUT2D eigenvalue weighted by Crippen LogP contribution is -2.42. The fraction of sp³-hybridized carbons (Fsp3) is 0.448. The number of hydrogen-bond donors (Lipinski definition) is 2. The Morgan fingerprint density at radius 2 is 1.90 bits per heavy atom. The Hall–Kier alpha value is -3.92. The van der Waals surface area contributed by atoms with Crippen LogP contribution in [0.1, 0.15) is 30.4 Å². The summed E-state index contributed by atoms with van der Waals surface area (Å²) in [4.78, 5) is 30.3. The number of carbonyl (C=O) groups is 2. The second kappa shape index (κ2) is 13.7. The van der Waals surface area contributed by atoms with Crippen molar-refractivity contribution in [3.63, 3.8) is 0 Å². The molecule has 0 saturated carbocycles. The number of aromatic nitrogens is 2. The summed E-state index contributed by atoms with van der Waals surface area (Å²) in [5.41, 5.74) is 3.50. The van der Waals surface area contributed by atoms with Gasteiger partial charge in [0, 0.05) is 44.2 Å². The standard InChI is InChI=1S/C28H35N5O3.CH2O2/c1-20-6-8-21(9-7-20)18-32-13-10-22(19-32)17-29-27(34)23-11-14-33(15-12-23)28-30-26(31-36-28)24-4-3-5-25(16-24)35-2;2-1-3/h3-9,16,22-23H,10-15,17-19H2,1-2H3,(H,29,34);1H,(H,2,3). The van der Waals surface area contributed by atoms with Crippen molar-refractivity contribution in [2.45, 2.75) is 32.7 Å². The number of nitrogens with zero attached hydrogens (tertiary/aromatic N) is 4. The lowest BCUT2D eigenvalue weighted by molar-refractivity contribution is -0.126. The lowest BCUT2D eigenvalue weighted by Gasteiger charge is -2.30. The van der Waals surface area contributed by atoms with Gasteiger partial charge in [-0.15, -0.1) is 0 Å². The van der Waals surface area contributed by atoms with Gasteiger partial charge in [-0.05, 0) is 56.3 Å². The van der Waals surface area contributed by atoms with Crippen molar-refractivity contribution in [1.82, 2.24) is 20.4 Å². The molecule has 208 valence electrons. The highest BCUT2D eigenvalue weighted by Crippen LogP contribution is 2.27. The van der Waals surface area contributed by atoms with Crippen LogP contribution >= 0.6 is 0 Å². The van der Waals surface area contributed by atoms with Gasteiger partial charge in [0.05, 0.1) is 7.11 Å². The van der Waals surface area contributed by atoms with Crippen LogP contribution < -0.4 is 15.0 Å². The van der Waals surface area contributed by atoms with E-state index in [1.807, 2.05) is 24.3 Å². The molecule has 10 heteroatoms. The number of hydrogen-bond acceptors (Lipinski definition) is 8. The Morgan fingerprint density at radius 1 is 1.15 bits per heavy atom. The molecule has 1 aromatic heterocycles. The number of amides is 1. The molecular formula is C29H37N5O5. The molecule has 1 unspecified atom stereocenters. The average Bonchev–Trinajstić information content (AvgIpc) is 3.64. The number of benzene rings is 2. The molecule has 39 heavy (non-hydrogen) atoms. The number of rotatable bonds is 8. The summed E-state index contributed by atoms with van der Waals surface area (Å²) in [6, 6.07) is 16.9. The van der Waals surface area contributed by atoms with Gasteiger partial charge in [0.2, 0.25) is 11.7 Å². The van der Waals surface area contributed by atoms with E-state index in [0.717, 1.165) is 69.8 Å². The number of carbonyl (C=O) groups excluding carboxylic acids is 1. The second-order valence-corrected chi connectivity index (χ2v) is 10.1. The van der Waals surface area contributed by atoms with Crippen molar-refractivity contribution < 1.29 is 24.0 Å². The van der Waals surface area contributed by atoms with Gasteiger partial charge in [0.25, 0.3) is 6.47 Å². The summed E-state index contributed by atoms with van der Waals surface area (Å²) in [6.07, 6.45) is 2.71. The summed E-state index contributed by atoms with van der Waals surface area (Å²) in [7, 11) is 1.64. The zero-order valence-electron chi connectivity index (χ0n) is 22.6. The normalized spacial score (nSPS) is 17.8. The lowest BCUT2D eigenvalue weighted by atomic mass is 9.96. The van der Waals surface area contributed by atoms with Gasteiger partial charge in [-0.25, -0.2) is 0 Å².